The van der Waals surface area contributed by atoms with Crippen LogP contribution in [0.1, 0.15) is 39.0 Å². The molecule has 1 saturated carbocycles. The van der Waals surface area contributed by atoms with E-state index >= 15 is 0 Å². The minimum absolute atomic E-state index is 0.0556. The molecule has 1 aliphatic carbocycles. The van der Waals surface area contributed by atoms with E-state index in [4.69, 9.17) is 5.11 Å². The second-order valence-corrected chi connectivity index (χ2v) is 5.85. The highest BCUT2D eigenvalue weighted by Crippen LogP contribution is 2.36. The Hall–Kier alpha value is -1.17. The van der Waals surface area contributed by atoms with Crippen molar-refractivity contribution in [1.82, 2.24) is 0 Å². The standard InChI is InChI=1S/C16H26O5/c1-11(17)5-3-2-4-6-12-9-13(18)10-14(12)15(19)7-8-16(20)21/h4,6-8,11-15,17-19H,2-3,5,9-10H2,1H3,(H,20,21)/b6-4-,8-7+/t11-,12-,13+,14-,15-/m1/s1. The summed E-state index contributed by atoms with van der Waals surface area (Å²) >= 11 is 0. The first-order valence-corrected chi connectivity index (χ1v) is 7.52. The van der Waals surface area contributed by atoms with Crippen LogP contribution in [0.5, 0.6) is 0 Å². The summed E-state index contributed by atoms with van der Waals surface area (Å²) in [6.45, 7) is 1.76. The lowest BCUT2D eigenvalue weighted by Gasteiger charge is -2.19. The average Bonchev–Trinajstić information content (AvgIpc) is 2.76. The second-order valence-electron chi connectivity index (χ2n) is 5.85. The van der Waals surface area contributed by atoms with Crippen molar-refractivity contribution in [2.24, 2.45) is 11.8 Å². The van der Waals surface area contributed by atoms with E-state index in [9.17, 15) is 20.1 Å². The minimum atomic E-state index is -1.09. The Kier molecular flexibility index (Phi) is 7.64. The molecular formula is C16H26O5. The number of aliphatic carboxylic acids is 1. The van der Waals surface area contributed by atoms with Gasteiger partial charge in [0.05, 0.1) is 18.3 Å². The van der Waals surface area contributed by atoms with Crippen LogP contribution >= 0.6 is 0 Å². The van der Waals surface area contributed by atoms with Crippen LogP contribution in [-0.2, 0) is 4.79 Å². The lowest BCUT2D eigenvalue weighted by atomic mass is 9.90. The van der Waals surface area contributed by atoms with Gasteiger partial charge in [-0.3, -0.25) is 0 Å². The van der Waals surface area contributed by atoms with Crippen molar-refractivity contribution in [3.8, 4) is 0 Å². The number of unbranched alkanes of at least 4 members (excludes halogenated alkanes) is 1. The van der Waals surface area contributed by atoms with E-state index in [0.717, 1.165) is 25.3 Å². The van der Waals surface area contributed by atoms with Crippen molar-refractivity contribution in [3.63, 3.8) is 0 Å². The van der Waals surface area contributed by atoms with Gasteiger partial charge in [-0.2, -0.15) is 0 Å². The lowest BCUT2D eigenvalue weighted by Crippen LogP contribution is -2.21. The van der Waals surface area contributed by atoms with E-state index in [2.05, 4.69) is 0 Å². The zero-order chi connectivity index (χ0) is 15.8. The number of hydrogen-bond acceptors (Lipinski definition) is 4. The van der Waals surface area contributed by atoms with Crippen LogP contribution in [0, 0.1) is 11.8 Å². The third-order valence-electron chi connectivity index (χ3n) is 3.89. The first-order valence-electron chi connectivity index (χ1n) is 7.52. The van der Waals surface area contributed by atoms with E-state index in [0.29, 0.717) is 12.8 Å². The fraction of sp³-hybridized carbons (Fsp3) is 0.688. The smallest absolute Gasteiger partial charge is 0.328 e. The average molecular weight is 298 g/mol. The molecule has 0 aromatic rings. The van der Waals surface area contributed by atoms with E-state index in [1.807, 2.05) is 12.2 Å². The predicted octanol–water partition coefficient (Wildman–Crippen LogP) is 1.48. The molecule has 4 N–H and O–H groups in total. The number of carbonyl (C=O) groups is 1. The van der Waals surface area contributed by atoms with E-state index < -0.39 is 18.2 Å². The predicted molar refractivity (Wildman–Crippen MR) is 79.7 cm³/mol. The molecule has 0 aromatic carbocycles. The van der Waals surface area contributed by atoms with E-state index in [-0.39, 0.29) is 17.9 Å². The van der Waals surface area contributed by atoms with Crippen molar-refractivity contribution in [3.05, 3.63) is 24.3 Å². The quantitative estimate of drug-likeness (QED) is 0.309. The Bertz CT molecular complexity index is 375. The van der Waals surface area contributed by atoms with Gasteiger partial charge in [-0.05, 0) is 56.9 Å². The Labute approximate surface area is 125 Å². The maximum absolute atomic E-state index is 10.5. The third kappa shape index (κ3) is 6.89. The summed E-state index contributed by atoms with van der Waals surface area (Å²) in [7, 11) is 0. The zero-order valence-electron chi connectivity index (χ0n) is 12.4. The molecule has 0 unspecified atom stereocenters. The van der Waals surface area contributed by atoms with Gasteiger partial charge in [0.1, 0.15) is 0 Å². The molecule has 0 spiro atoms. The topological polar surface area (TPSA) is 98.0 Å². The molecule has 120 valence electrons. The van der Waals surface area contributed by atoms with Gasteiger partial charge in [0.25, 0.3) is 0 Å². The molecule has 5 heteroatoms. The van der Waals surface area contributed by atoms with Crippen LogP contribution in [0.4, 0.5) is 0 Å². The normalized spacial score (nSPS) is 29.2. The first-order chi connectivity index (χ1) is 9.90. The van der Waals surface area contributed by atoms with Crippen molar-refractivity contribution < 1.29 is 25.2 Å². The third-order valence-corrected chi connectivity index (χ3v) is 3.89. The monoisotopic (exact) mass is 298 g/mol. The summed E-state index contributed by atoms with van der Waals surface area (Å²) in [5.41, 5.74) is 0. The Morgan fingerprint density at radius 2 is 2.05 bits per heavy atom. The maximum atomic E-state index is 10.5. The maximum Gasteiger partial charge on any atom is 0.328 e. The molecule has 0 heterocycles. The molecule has 0 amide bonds. The van der Waals surface area contributed by atoms with Gasteiger partial charge in [-0.15, -0.1) is 0 Å². The van der Waals surface area contributed by atoms with Gasteiger partial charge in [0.2, 0.25) is 0 Å². The Morgan fingerprint density at radius 1 is 1.33 bits per heavy atom. The highest BCUT2D eigenvalue weighted by molar-refractivity contribution is 5.79. The number of aliphatic hydroxyl groups is 3. The van der Waals surface area contributed by atoms with Crippen molar-refractivity contribution >= 4 is 5.97 Å². The van der Waals surface area contributed by atoms with Gasteiger partial charge < -0.3 is 20.4 Å². The number of rotatable bonds is 8. The first kappa shape index (κ1) is 17.9. The number of allylic oxidation sites excluding steroid dienone is 2. The zero-order valence-corrected chi connectivity index (χ0v) is 12.4. The number of hydrogen-bond donors (Lipinski definition) is 4. The second kappa shape index (κ2) is 8.97. The van der Waals surface area contributed by atoms with Crippen molar-refractivity contribution in [2.45, 2.75) is 57.3 Å². The van der Waals surface area contributed by atoms with E-state index in [1.165, 1.54) is 6.08 Å². The summed E-state index contributed by atoms with van der Waals surface area (Å²) in [6.07, 6.45) is 8.22. The summed E-state index contributed by atoms with van der Waals surface area (Å²) in [5, 5.41) is 37.5. The minimum Gasteiger partial charge on any atom is -0.478 e. The van der Waals surface area contributed by atoms with Crippen LogP contribution in [0.25, 0.3) is 0 Å². The molecular weight excluding hydrogens is 272 g/mol. The van der Waals surface area contributed by atoms with Gasteiger partial charge in [0, 0.05) is 6.08 Å². The molecule has 0 aromatic heterocycles. The van der Waals surface area contributed by atoms with Gasteiger partial charge in [0.15, 0.2) is 0 Å². The fourth-order valence-electron chi connectivity index (χ4n) is 2.81. The van der Waals surface area contributed by atoms with E-state index in [1.54, 1.807) is 6.92 Å². The molecule has 1 aliphatic rings. The summed E-state index contributed by atoms with van der Waals surface area (Å²) in [5.74, 6) is -1.18. The molecule has 21 heavy (non-hydrogen) atoms. The fourth-order valence-corrected chi connectivity index (χ4v) is 2.81. The number of aliphatic hydroxyl groups excluding tert-OH is 3. The molecule has 5 nitrogen and oxygen atoms in total. The molecule has 0 saturated heterocycles. The molecule has 1 fully saturated rings. The van der Waals surface area contributed by atoms with Crippen LogP contribution < -0.4 is 0 Å². The highest BCUT2D eigenvalue weighted by atomic mass is 16.4. The van der Waals surface area contributed by atoms with Crippen molar-refractivity contribution in [1.29, 1.82) is 0 Å². The lowest BCUT2D eigenvalue weighted by molar-refractivity contribution is -0.131. The number of carboxylic acid groups (broad SMARTS) is 1. The molecule has 1 rings (SSSR count). The molecule has 0 bridgehead atoms. The van der Waals surface area contributed by atoms with Gasteiger partial charge in [-0.25, -0.2) is 4.79 Å². The Morgan fingerprint density at radius 3 is 2.67 bits per heavy atom. The van der Waals surface area contributed by atoms with Crippen molar-refractivity contribution in [2.75, 3.05) is 0 Å². The molecule has 5 atom stereocenters. The highest BCUT2D eigenvalue weighted by Gasteiger charge is 2.35. The summed E-state index contributed by atoms with van der Waals surface area (Å²) in [6, 6.07) is 0. The number of carboxylic acids is 1. The van der Waals surface area contributed by atoms with Gasteiger partial charge >= 0.3 is 5.97 Å². The van der Waals surface area contributed by atoms with Crippen LogP contribution in [0.3, 0.4) is 0 Å². The van der Waals surface area contributed by atoms with Crippen LogP contribution in [0.2, 0.25) is 0 Å². The Balaban J connectivity index is 2.50. The summed E-state index contributed by atoms with van der Waals surface area (Å²) in [4.78, 5) is 10.5. The largest absolute Gasteiger partial charge is 0.478 e. The SMILES string of the molecule is C[C@@H](O)CCC/C=C\[C@@H]1C[C@H](O)C[C@H]1[C@H](O)/C=C/C(=O)O. The molecule has 0 radical (unpaired) electrons. The van der Waals surface area contributed by atoms with Gasteiger partial charge in [-0.1, -0.05) is 12.2 Å². The van der Waals surface area contributed by atoms with Crippen LogP contribution in [-0.4, -0.2) is 44.7 Å². The summed E-state index contributed by atoms with van der Waals surface area (Å²) < 4.78 is 0. The van der Waals surface area contributed by atoms with Crippen LogP contribution in [0.15, 0.2) is 24.3 Å². The molecule has 0 aliphatic heterocycles.